The number of carbonyl (C=O) groups excluding carboxylic acids is 1. The molecule has 49 heavy (non-hydrogen) atoms. The second-order valence-corrected chi connectivity index (χ2v) is 14.2. The molecule has 0 unspecified atom stereocenters. The van der Waals surface area contributed by atoms with Crippen molar-refractivity contribution in [2.24, 2.45) is 5.41 Å². The first-order chi connectivity index (χ1) is 23.2. The summed E-state index contributed by atoms with van der Waals surface area (Å²) in [6.45, 7) is 12.0. The van der Waals surface area contributed by atoms with Gasteiger partial charge in [-0.25, -0.2) is 13.6 Å². The van der Waals surface area contributed by atoms with Gasteiger partial charge < -0.3 is 20.3 Å². The minimum Gasteiger partial charge on any atom is -0.462 e. The predicted octanol–water partition coefficient (Wildman–Crippen LogP) is 6.84. The molecule has 9 nitrogen and oxygen atoms in total. The van der Waals surface area contributed by atoms with Crippen LogP contribution in [0.25, 0.3) is 37.0 Å². The molecule has 7 rings (SSSR count). The number of nitrogens with two attached hydrogens (primary N) is 1. The van der Waals surface area contributed by atoms with Crippen LogP contribution in [0.5, 0.6) is 6.01 Å². The number of benzene rings is 2. The number of aromatic nitrogens is 2. The van der Waals surface area contributed by atoms with Gasteiger partial charge in [0.25, 0.3) is 0 Å². The van der Waals surface area contributed by atoms with Gasteiger partial charge in [-0.15, -0.1) is 11.3 Å². The van der Waals surface area contributed by atoms with Crippen molar-refractivity contribution in [2.75, 3.05) is 51.0 Å². The molecule has 4 aromatic rings. The number of hydrogen-bond acceptors (Lipinski definition) is 8. The van der Waals surface area contributed by atoms with Crippen molar-refractivity contribution < 1.29 is 31.5 Å². The van der Waals surface area contributed by atoms with Crippen LogP contribution in [0.1, 0.15) is 24.8 Å². The summed E-state index contributed by atoms with van der Waals surface area (Å²) < 4.78 is 81.2. The number of amides is 1. The lowest BCUT2D eigenvalue weighted by Crippen LogP contribution is -2.40. The van der Waals surface area contributed by atoms with Crippen molar-refractivity contribution in [3.8, 4) is 17.1 Å². The second kappa shape index (κ2) is 11.8. The second-order valence-electron chi connectivity index (χ2n) is 13.2. The van der Waals surface area contributed by atoms with Crippen molar-refractivity contribution in [1.29, 1.82) is 0 Å². The smallest absolute Gasteiger partial charge is 0.417 e. The average molecular weight is 698 g/mol. The number of nitrogen functional groups attached to an aromatic ring is 1. The molecule has 256 valence electrons. The molecule has 1 aliphatic carbocycles. The van der Waals surface area contributed by atoms with Gasteiger partial charge in [0, 0.05) is 37.0 Å². The largest absolute Gasteiger partial charge is 0.462 e. The van der Waals surface area contributed by atoms with Crippen LogP contribution in [0.4, 0.5) is 38.5 Å². The first-order valence-electron chi connectivity index (χ1n) is 15.7. The highest BCUT2D eigenvalue weighted by Gasteiger charge is 2.51. The monoisotopic (exact) mass is 697 g/mol. The van der Waals surface area contributed by atoms with E-state index in [2.05, 4.69) is 26.3 Å². The molecule has 3 aliphatic rings. The van der Waals surface area contributed by atoms with Crippen molar-refractivity contribution >= 4 is 54.7 Å². The number of ether oxygens (including phenoxy) is 1. The van der Waals surface area contributed by atoms with Gasteiger partial charge in [0.1, 0.15) is 24.4 Å². The number of nitrogens with zero attached hydrogens (tertiary/aromatic N) is 6. The van der Waals surface area contributed by atoms with Gasteiger partial charge in [-0.3, -0.25) is 9.69 Å². The fraction of sp³-hybridized carbons (Fsp3) is 0.412. The van der Waals surface area contributed by atoms with Gasteiger partial charge in [0.15, 0.2) is 0 Å². The summed E-state index contributed by atoms with van der Waals surface area (Å²) in [6, 6.07) is 3.38. The summed E-state index contributed by atoms with van der Waals surface area (Å²) in [7, 11) is 3.52. The number of hydrogen-bond donors (Lipinski definition) is 1. The molecule has 0 bridgehead atoms. The highest BCUT2D eigenvalue weighted by Crippen LogP contribution is 2.54. The normalized spacial score (nSPS) is 21.8. The van der Waals surface area contributed by atoms with Crippen molar-refractivity contribution in [3.05, 3.63) is 59.7 Å². The molecular weight excluding hydrogens is 665 g/mol. The highest BCUT2D eigenvalue weighted by atomic mass is 32.1. The first-order valence-corrected chi connectivity index (χ1v) is 16.5. The molecule has 2 aromatic heterocycles. The number of likely N-dealkylation sites (tertiary alicyclic amines) is 2. The number of alkyl halides is 4. The van der Waals surface area contributed by atoms with Crippen LogP contribution in [0.2, 0.25) is 0 Å². The van der Waals surface area contributed by atoms with Crippen LogP contribution in [0, 0.1) is 17.8 Å². The van der Waals surface area contributed by atoms with Gasteiger partial charge in [-0.05, 0) is 67.1 Å². The van der Waals surface area contributed by atoms with E-state index < -0.39 is 35.7 Å². The van der Waals surface area contributed by atoms with E-state index in [1.807, 2.05) is 7.05 Å². The van der Waals surface area contributed by atoms with E-state index in [9.17, 15) is 22.4 Å². The molecule has 1 spiro atoms. The standard InChI is InChI=1S/C34H32F5N7O2S/c1-5-26(47)46-13-23(36)25(14-46)45(4)31-20-10-21(34(37,38)39)19(18-6-7-22(35)29-27(18)28(41-2)30(40)49-29)11-24(20)42-32(43-31)48-15-17-12-33(8-9-33)16-44(17)3/h5-7,10-11,17,23,25H,1,8-9,12-16,40H2,3-4H3/t17-,23+,25-/m0/s1. The number of likely N-dealkylation sites (N-methyl/N-ethyl adjacent to an activating group) is 2. The summed E-state index contributed by atoms with van der Waals surface area (Å²) in [5, 5.41) is -0.0735. The Kier molecular flexibility index (Phi) is 7.94. The van der Waals surface area contributed by atoms with Gasteiger partial charge in [0.2, 0.25) is 11.6 Å². The van der Waals surface area contributed by atoms with Gasteiger partial charge in [-0.2, -0.15) is 23.1 Å². The third-order valence-electron chi connectivity index (χ3n) is 10.1. The molecule has 3 atom stereocenters. The Bertz CT molecular complexity index is 2060. The maximum Gasteiger partial charge on any atom is 0.417 e. The SMILES string of the molecule is [C-]#[N+]c1c(N)sc2c(F)ccc(-c3cc4nc(OC[C@@H]5CC6(CC6)CN5C)nc(N(C)[C@H]5CN(C(=O)C=C)C[C@H]5F)c4cc3C(F)(F)F)c12. The van der Waals surface area contributed by atoms with Crippen LogP contribution >= 0.6 is 11.3 Å². The summed E-state index contributed by atoms with van der Waals surface area (Å²) in [5.41, 5.74) is 4.74. The Labute approximate surface area is 282 Å². The summed E-state index contributed by atoms with van der Waals surface area (Å²) in [5.74, 6) is -1.19. The average Bonchev–Trinajstić information content (AvgIpc) is 3.38. The molecule has 3 fully saturated rings. The Morgan fingerprint density at radius 3 is 2.67 bits per heavy atom. The highest BCUT2D eigenvalue weighted by molar-refractivity contribution is 7.23. The Balaban J connectivity index is 1.39. The number of fused-ring (bicyclic) bond motifs is 2. The molecule has 2 saturated heterocycles. The van der Waals surface area contributed by atoms with E-state index in [0.29, 0.717) is 5.41 Å². The van der Waals surface area contributed by atoms with Gasteiger partial charge >= 0.3 is 12.2 Å². The van der Waals surface area contributed by atoms with Crippen LogP contribution in [0.15, 0.2) is 36.9 Å². The third-order valence-corrected chi connectivity index (χ3v) is 11.1. The molecule has 4 heterocycles. The molecule has 2 aliphatic heterocycles. The topological polar surface area (TPSA) is 92.2 Å². The lowest BCUT2D eigenvalue weighted by Gasteiger charge is -2.28. The molecule has 1 amide bonds. The quantitative estimate of drug-likeness (QED) is 0.129. The molecule has 0 radical (unpaired) electrons. The maximum absolute atomic E-state index is 15.5. The Morgan fingerprint density at radius 1 is 1.27 bits per heavy atom. The lowest BCUT2D eigenvalue weighted by atomic mass is 9.94. The van der Waals surface area contributed by atoms with Gasteiger partial charge in [0.05, 0.1) is 39.9 Å². The Hall–Kier alpha value is -4.55. The Morgan fingerprint density at radius 2 is 2.02 bits per heavy atom. The molecular formula is C34H32F5N7O2S. The number of halogens is 5. The zero-order chi connectivity index (χ0) is 35.0. The van der Waals surface area contributed by atoms with Crippen LogP contribution in [-0.4, -0.2) is 84.3 Å². The first kappa shape index (κ1) is 33.0. The van der Waals surface area contributed by atoms with Crippen LogP contribution in [-0.2, 0) is 11.0 Å². The van der Waals surface area contributed by atoms with Crippen LogP contribution in [0.3, 0.4) is 0 Å². The van der Waals surface area contributed by atoms with E-state index >= 15 is 4.39 Å². The zero-order valence-corrected chi connectivity index (χ0v) is 27.5. The fourth-order valence-corrected chi connectivity index (χ4v) is 8.23. The lowest BCUT2D eigenvalue weighted by molar-refractivity contribution is -0.137. The van der Waals surface area contributed by atoms with Crippen molar-refractivity contribution in [2.45, 2.75) is 43.7 Å². The van der Waals surface area contributed by atoms with E-state index in [4.69, 9.17) is 17.0 Å². The maximum atomic E-state index is 15.5. The molecule has 1 saturated carbocycles. The van der Waals surface area contributed by atoms with E-state index in [0.717, 1.165) is 55.4 Å². The molecule has 15 heteroatoms. The molecule has 2 N–H and O–H groups in total. The number of carbonyl (C=O) groups is 1. The summed E-state index contributed by atoms with van der Waals surface area (Å²) >= 11 is 0.787. The van der Waals surface area contributed by atoms with Crippen molar-refractivity contribution in [3.63, 3.8) is 0 Å². The van der Waals surface area contributed by atoms with Gasteiger partial charge in [-0.1, -0.05) is 12.6 Å². The number of thiophene rings is 1. The van der Waals surface area contributed by atoms with E-state index in [-0.39, 0.29) is 80.4 Å². The minimum atomic E-state index is -4.91. The van der Waals surface area contributed by atoms with Crippen molar-refractivity contribution in [1.82, 2.24) is 19.8 Å². The number of anilines is 2. The molecule has 2 aromatic carbocycles. The van der Waals surface area contributed by atoms with Crippen LogP contribution < -0.4 is 15.4 Å². The summed E-state index contributed by atoms with van der Waals surface area (Å²) in [6.07, 6.45) is -2.12. The summed E-state index contributed by atoms with van der Waals surface area (Å²) in [4.78, 5) is 29.7. The fourth-order valence-electron chi connectivity index (χ4n) is 7.29. The van der Waals surface area contributed by atoms with E-state index in [1.165, 1.54) is 29.0 Å². The van der Waals surface area contributed by atoms with E-state index in [1.54, 1.807) is 0 Å². The number of rotatable bonds is 7. The minimum absolute atomic E-state index is 0.0121. The zero-order valence-electron chi connectivity index (χ0n) is 26.7. The third kappa shape index (κ3) is 5.70. The predicted molar refractivity (Wildman–Crippen MR) is 178 cm³/mol.